The highest BCUT2D eigenvalue weighted by Gasteiger charge is 2.28. The molecule has 1 amide bonds. The van der Waals surface area contributed by atoms with Gasteiger partial charge in [0.2, 0.25) is 5.91 Å². The van der Waals surface area contributed by atoms with E-state index in [9.17, 15) is 4.79 Å². The molecule has 1 saturated heterocycles. The first kappa shape index (κ1) is 13.1. The third kappa shape index (κ3) is 3.57. The number of hydrogen-bond acceptors (Lipinski definition) is 2. The van der Waals surface area contributed by atoms with Crippen molar-refractivity contribution < 1.29 is 4.79 Å². The minimum atomic E-state index is 0.0155. The summed E-state index contributed by atoms with van der Waals surface area (Å²) in [6, 6.07) is 10.4. The summed E-state index contributed by atoms with van der Waals surface area (Å²) in [5, 5.41) is 6.28. The van der Waals surface area contributed by atoms with E-state index in [4.69, 9.17) is 0 Å². The van der Waals surface area contributed by atoms with E-state index < -0.39 is 0 Å². The van der Waals surface area contributed by atoms with E-state index in [2.05, 4.69) is 41.8 Å². The standard InChI is InChI=1S/C15H22N2O/c1-12-9-11-16-14(12)15(18)17-10-5-8-13-6-3-2-4-7-13/h2-4,6-7,12,14,16H,5,8-11H2,1H3,(H,17,18). The van der Waals surface area contributed by atoms with E-state index in [0.29, 0.717) is 5.92 Å². The number of carbonyl (C=O) groups is 1. The quantitative estimate of drug-likeness (QED) is 0.777. The van der Waals surface area contributed by atoms with Crippen LogP contribution in [0.4, 0.5) is 0 Å². The van der Waals surface area contributed by atoms with Crippen LogP contribution in [-0.2, 0) is 11.2 Å². The number of amides is 1. The van der Waals surface area contributed by atoms with Crippen molar-refractivity contribution in [2.45, 2.75) is 32.2 Å². The molecule has 1 aliphatic heterocycles. The average molecular weight is 246 g/mol. The Labute approximate surface area is 109 Å². The molecule has 98 valence electrons. The third-order valence-electron chi connectivity index (χ3n) is 3.60. The Bertz CT molecular complexity index is 377. The molecule has 0 radical (unpaired) electrons. The smallest absolute Gasteiger partial charge is 0.237 e. The second-order valence-corrected chi connectivity index (χ2v) is 5.08. The van der Waals surface area contributed by atoms with Crippen LogP contribution in [0.15, 0.2) is 30.3 Å². The molecule has 1 aromatic rings. The van der Waals surface area contributed by atoms with E-state index >= 15 is 0 Å². The summed E-state index contributed by atoms with van der Waals surface area (Å²) in [5.74, 6) is 0.618. The number of carbonyl (C=O) groups excluding carboxylic acids is 1. The van der Waals surface area contributed by atoms with Gasteiger partial charge in [-0.25, -0.2) is 0 Å². The van der Waals surface area contributed by atoms with Crippen molar-refractivity contribution in [1.29, 1.82) is 0 Å². The van der Waals surface area contributed by atoms with Crippen LogP contribution in [0.3, 0.4) is 0 Å². The second-order valence-electron chi connectivity index (χ2n) is 5.08. The Kier molecular flexibility index (Phi) is 4.76. The Morgan fingerprint density at radius 2 is 2.17 bits per heavy atom. The monoisotopic (exact) mass is 246 g/mol. The largest absolute Gasteiger partial charge is 0.355 e. The SMILES string of the molecule is CC1CCNC1C(=O)NCCCc1ccccc1. The molecular weight excluding hydrogens is 224 g/mol. The van der Waals surface area contributed by atoms with Gasteiger partial charge in [0.25, 0.3) is 0 Å². The molecular formula is C15H22N2O. The van der Waals surface area contributed by atoms with E-state index in [0.717, 1.165) is 32.4 Å². The zero-order valence-corrected chi connectivity index (χ0v) is 11.0. The normalized spacial score (nSPS) is 22.9. The molecule has 0 aliphatic carbocycles. The van der Waals surface area contributed by atoms with Crippen LogP contribution in [-0.4, -0.2) is 25.0 Å². The zero-order valence-electron chi connectivity index (χ0n) is 11.0. The molecule has 2 unspecified atom stereocenters. The molecule has 3 heteroatoms. The first-order valence-electron chi connectivity index (χ1n) is 6.82. The number of hydrogen-bond donors (Lipinski definition) is 2. The Hall–Kier alpha value is -1.35. The molecule has 2 rings (SSSR count). The molecule has 2 atom stereocenters. The van der Waals surface area contributed by atoms with Gasteiger partial charge in [0.1, 0.15) is 0 Å². The second kappa shape index (κ2) is 6.55. The summed E-state index contributed by atoms with van der Waals surface area (Å²) in [6.45, 7) is 3.86. The highest BCUT2D eigenvalue weighted by atomic mass is 16.2. The highest BCUT2D eigenvalue weighted by Crippen LogP contribution is 2.14. The van der Waals surface area contributed by atoms with Gasteiger partial charge in [-0.2, -0.15) is 0 Å². The minimum Gasteiger partial charge on any atom is -0.355 e. The van der Waals surface area contributed by atoms with Crippen LogP contribution in [0.2, 0.25) is 0 Å². The van der Waals surface area contributed by atoms with Crippen molar-refractivity contribution in [3.05, 3.63) is 35.9 Å². The van der Waals surface area contributed by atoms with Gasteiger partial charge >= 0.3 is 0 Å². The molecule has 1 heterocycles. The lowest BCUT2D eigenvalue weighted by Gasteiger charge is -2.15. The lowest BCUT2D eigenvalue weighted by molar-refractivity contribution is -0.123. The van der Waals surface area contributed by atoms with Gasteiger partial charge < -0.3 is 10.6 Å². The topological polar surface area (TPSA) is 41.1 Å². The predicted octanol–water partition coefficient (Wildman–Crippen LogP) is 1.73. The molecule has 1 aromatic carbocycles. The van der Waals surface area contributed by atoms with E-state index in [-0.39, 0.29) is 11.9 Å². The van der Waals surface area contributed by atoms with Crippen molar-refractivity contribution in [1.82, 2.24) is 10.6 Å². The summed E-state index contributed by atoms with van der Waals surface area (Å²) in [7, 11) is 0. The highest BCUT2D eigenvalue weighted by molar-refractivity contribution is 5.82. The van der Waals surface area contributed by atoms with Crippen molar-refractivity contribution in [3.63, 3.8) is 0 Å². The Morgan fingerprint density at radius 1 is 1.39 bits per heavy atom. The number of benzene rings is 1. The Morgan fingerprint density at radius 3 is 2.83 bits per heavy atom. The van der Waals surface area contributed by atoms with Gasteiger partial charge in [-0.3, -0.25) is 4.79 Å². The molecule has 0 aromatic heterocycles. The molecule has 18 heavy (non-hydrogen) atoms. The van der Waals surface area contributed by atoms with Gasteiger partial charge in [0.15, 0.2) is 0 Å². The summed E-state index contributed by atoms with van der Waals surface area (Å²) >= 11 is 0. The molecule has 0 spiro atoms. The zero-order chi connectivity index (χ0) is 12.8. The van der Waals surface area contributed by atoms with Gasteiger partial charge in [-0.15, -0.1) is 0 Å². The summed E-state index contributed by atoms with van der Waals surface area (Å²) in [6.07, 6.45) is 3.12. The molecule has 1 fully saturated rings. The first-order valence-corrected chi connectivity index (χ1v) is 6.82. The Balaban J connectivity index is 1.65. The lowest BCUT2D eigenvalue weighted by Crippen LogP contribution is -2.43. The van der Waals surface area contributed by atoms with Crippen LogP contribution in [0, 0.1) is 5.92 Å². The van der Waals surface area contributed by atoms with Crippen LogP contribution < -0.4 is 10.6 Å². The molecule has 3 nitrogen and oxygen atoms in total. The molecule has 1 aliphatic rings. The fourth-order valence-electron chi connectivity index (χ4n) is 2.44. The van der Waals surface area contributed by atoms with Crippen molar-refractivity contribution in [3.8, 4) is 0 Å². The minimum absolute atomic E-state index is 0.0155. The predicted molar refractivity (Wildman–Crippen MR) is 73.3 cm³/mol. The number of rotatable bonds is 5. The van der Waals surface area contributed by atoms with Crippen LogP contribution in [0.25, 0.3) is 0 Å². The van der Waals surface area contributed by atoms with Gasteiger partial charge in [-0.1, -0.05) is 37.3 Å². The third-order valence-corrected chi connectivity index (χ3v) is 3.60. The van der Waals surface area contributed by atoms with E-state index in [1.807, 2.05) is 6.07 Å². The van der Waals surface area contributed by atoms with Crippen LogP contribution >= 0.6 is 0 Å². The maximum atomic E-state index is 11.9. The van der Waals surface area contributed by atoms with Gasteiger partial charge in [-0.05, 0) is 37.3 Å². The molecule has 0 bridgehead atoms. The molecule has 0 saturated carbocycles. The summed E-state index contributed by atoms with van der Waals surface area (Å²) < 4.78 is 0. The average Bonchev–Trinajstić information content (AvgIpc) is 2.82. The maximum Gasteiger partial charge on any atom is 0.237 e. The number of nitrogens with one attached hydrogen (secondary N) is 2. The van der Waals surface area contributed by atoms with Crippen LogP contribution in [0.5, 0.6) is 0 Å². The number of aryl methyl sites for hydroxylation is 1. The fraction of sp³-hybridized carbons (Fsp3) is 0.533. The lowest BCUT2D eigenvalue weighted by atomic mass is 10.0. The maximum absolute atomic E-state index is 11.9. The van der Waals surface area contributed by atoms with E-state index in [1.54, 1.807) is 0 Å². The van der Waals surface area contributed by atoms with Crippen molar-refractivity contribution in [2.75, 3.05) is 13.1 Å². The van der Waals surface area contributed by atoms with Gasteiger partial charge in [0, 0.05) is 6.54 Å². The van der Waals surface area contributed by atoms with Crippen molar-refractivity contribution >= 4 is 5.91 Å². The van der Waals surface area contributed by atoms with Gasteiger partial charge in [0.05, 0.1) is 6.04 Å². The fourth-order valence-corrected chi connectivity index (χ4v) is 2.44. The van der Waals surface area contributed by atoms with Crippen molar-refractivity contribution in [2.24, 2.45) is 5.92 Å². The van der Waals surface area contributed by atoms with E-state index in [1.165, 1.54) is 5.56 Å². The van der Waals surface area contributed by atoms with Crippen LogP contribution in [0.1, 0.15) is 25.3 Å². The summed E-state index contributed by atoms with van der Waals surface area (Å²) in [4.78, 5) is 11.9. The molecule has 2 N–H and O–H groups in total. The summed E-state index contributed by atoms with van der Waals surface area (Å²) in [5.41, 5.74) is 1.33. The first-order chi connectivity index (χ1) is 8.77.